The van der Waals surface area contributed by atoms with Crippen LogP contribution >= 0.6 is 0 Å². The first kappa shape index (κ1) is 24.9. The molecule has 0 radical (unpaired) electrons. The van der Waals surface area contributed by atoms with Crippen molar-refractivity contribution in [3.63, 3.8) is 0 Å². The largest absolute Gasteiger partial charge is 0.455 e. The Kier molecular flexibility index (Phi) is 6.26. The number of hydrogen-bond acceptors (Lipinski definition) is 2. The number of furan rings is 1. The second-order valence-electron chi connectivity index (χ2n) is 11.6. The third-order valence-electron chi connectivity index (χ3n) is 9.05. The summed E-state index contributed by atoms with van der Waals surface area (Å²) in [5.41, 5.74) is 9.30. The van der Waals surface area contributed by atoms with Gasteiger partial charge in [0, 0.05) is 32.9 Å². The van der Waals surface area contributed by atoms with Crippen LogP contribution in [0.25, 0.3) is 43.8 Å². The summed E-state index contributed by atoms with van der Waals surface area (Å²) in [6, 6.07) is 48.0. The van der Waals surface area contributed by atoms with Crippen molar-refractivity contribution in [2.75, 3.05) is 4.90 Å². The second-order valence-corrected chi connectivity index (χ2v) is 11.6. The quantitative estimate of drug-likeness (QED) is 0.215. The molecular weight excluding hydrogens is 510 g/mol. The van der Waals surface area contributed by atoms with Gasteiger partial charge in [0.25, 0.3) is 0 Å². The smallest absolute Gasteiger partial charge is 0.143 e. The number of para-hydroxylation sites is 1. The standard InChI is InChI=1S/C40H33NO/c1-4-13-28(14-5-1)29-23-25-32(26-24-29)41(31-17-8-3-9-18-31)37-27-36-39-33(30-15-6-2-7-16-30)21-12-22-38(39)42-40(36)35-20-11-10-19-34(35)37/h1,3-5,8-14,17-27,30H,2,6-7,15-16H2. The van der Waals surface area contributed by atoms with Gasteiger partial charge in [0.1, 0.15) is 11.2 Å². The number of fused-ring (bicyclic) bond motifs is 5. The predicted octanol–water partition coefficient (Wildman–Crippen LogP) is 11.9. The van der Waals surface area contributed by atoms with Gasteiger partial charge < -0.3 is 9.32 Å². The fourth-order valence-electron chi connectivity index (χ4n) is 7.03. The van der Waals surface area contributed by atoms with Crippen molar-refractivity contribution in [1.29, 1.82) is 0 Å². The van der Waals surface area contributed by atoms with Crippen LogP contribution in [0.1, 0.15) is 43.6 Å². The molecule has 1 saturated carbocycles. The van der Waals surface area contributed by atoms with E-state index in [4.69, 9.17) is 4.42 Å². The van der Waals surface area contributed by atoms with Gasteiger partial charge in [-0.3, -0.25) is 0 Å². The van der Waals surface area contributed by atoms with Crippen LogP contribution in [-0.4, -0.2) is 0 Å². The number of hydrogen-bond donors (Lipinski definition) is 0. The zero-order valence-corrected chi connectivity index (χ0v) is 23.7. The highest BCUT2D eigenvalue weighted by atomic mass is 16.3. The average molecular weight is 544 g/mol. The summed E-state index contributed by atoms with van der Waals surface area (Å²) in [5.74, 6) is 0.592. The van der Waals surface area contributed by atoms with Crippen LogP contribution in [0.2, 0.25) is 0 Å². The lowest BCUT2D eigenvalue weighted by Crippen LogP contribution is -2.10. The monoisotopic (exact) mass is 543 g/mol. The van der Waals surface area contributed by atoms with Crippen LogP contribution in [0, 0.1) is 0 Å². The molecule has 1 aromatic heterocycles. The zero-order valence-electron chi connectivity index (χ0n) is 23.7. The Bertz CT molecular complexity index is 2000. The van der Waals surface area contributed by atoms with Crippen LogP contribution < -0.4 is 4.90 Å². The lowest BCUT2D eigenvalue weighted by atomic mass is 9.82. The van der Waals surface area contributed by atoms with Gasteiger partial charge in [-0.15, -0.1) is 0 Å². The van der Waals surface area contributed by atoms with Crippen molar-refractivity contribution in [3.8, 4) is 11.1 Å². The van der Waals surface area contributed by atoms with Gasteiger partial charge in [-0.1, -0.05) is 116 Å². The van der Waals surface area contributed by atoms with E-state index in [9.17, 15) is 0 Å². The Morgan fingerprint density at radius 2 is 1.17 bits per heavy atom. The normalized spacial score (nSPS) is 14.1. The van der Waals surface area contributed by atoms with Crippen LogP contribution in [-0.2, 0) is 0 Å². The number of benzene rings is 6. The van der Waals surface area contributed by atoms with Crippen LogP contribution in [0.15, 0.2) is 138 Å². The van der Waals surface area contributed by atoms with Crippen LogP contribution in [0.5, 0.6) is 0 Å². The molecule has 7 aromatic rings. The highest BCUT2D eigenvalue weighted by Gasteiger charge is 2.24. The molecule has 0 spiro atoms. The Morgan fingerprint density at radius 3 is 1.93 bits per heavy atom. The minimum Gasteiger partial charge on any atom is -0.455 e. The molecule has 1 heterocycles. The average Bonchev–Trinajstić information content (AvgIpc) is 3.46. The molecule has 0 saturated heterocycles. The molecule has 2 heteroatoms. The van der Waals surface area contributed by atoms with E-state index in [0.717, 1.165) is 33.6 Å². The summed E-state index contributed by atoms with van der Waals surface area (Å²) in [5, 5.41) is 4.83. The summed E-state index contributed by atoms with van der Waals surface area (Å²) in [6.45, 7) is 0. The minimum absolute atomic E-state index is 0.592. The van der Waals surface area contributed by atoms with E-state index >= 15 is 0 Å². The van der Waals surface area contributed by atoms with E-state index < -0.39 is 0 Å². The Morgan fingerprint density at radius 1 is 0.524 bits per heavy atom. The highest BCUT2D eigenvalue weighted by molar-refractivity contribution is 6.20. The molecule has 0 amide bonds. The first-order valence-electron chi connectivity index (χ1n) is 15.2. The maximum atomic E-state index is 6.69. The first-order chi connectivity index (χ1) is 20.8. The molecule has 0 atom stereocenters. The summed E-state index contributed by atoms with van der Waals surface area (Å²) in [7, 11) is 0. The summed E-state index contributed by atoms with van der Waals surface area (Å²) in [6.07, 6.45) is 6.49. The van der Waals surface area contributed by atoms with Crippen molar-refractivity contribution < 1.29 is 4.42 Å². The number of rotatable bonds is 5. The Balaban J connectivity index is 1.38. The van der Waals surface area contributed by atoms with Crippen LogP contribution in [0.3, 0.4) is 0 Å². The molecule has 204 valence electrons. The molecular formula is C40H33NO. The topological polar surface area (TPSA) is 16.4 Å². The van der Waals surface area contributed by atoms with Gasteiger partial charge in [0.15, 0.2) is 0 Å². The zero-order chi connectivity index (χ0) is 27.9. The Labute approximate surface area is 246 Å². The maximum absolute atomic E-state index is 6.69. The molecule has 0 N–H and O–H groups in total. The highest BCUT2D eigenvalue weighted by Crippen LogP contribution is 2.47. The number of nitrogens with zero attached hydrogens (tertiary/aromatic N) is 1. The molecule has 2 nitrogen and oxygen atoms in total. The molecule has 1 fully saturated rings. The molecule has 1 aliphatic rings. The van der Waals surface area contributed by atoms with Gasteiger partial charge in [0.05, 0.1) is 5.69 Å². The van der Waals surface area contributed by atoms with Gasteiger partial charge in [-0.25, -0.2) is 0 Å². The molecule has 0 bridgehead atoms. The van der Waals surface area contributed by atoms with E-state index in [0.29, 0.717) is 5.92 Å². The lowest BCUT2D eigenvalue weighted by Gasteiger charge is -2.27. The molecule has 42 heavy (non-hydrogen) atoms. The van der Waals surface area contributed by atoms with Gasteiger partial charge >= 0.3 is 0 Å². The van der Waals surface area contributed by atoms with Gasteiger partial charge in [-0.05, 0) is 71.8 Å². The predicted molar refractivity (Wildman–Crippen MR) is 177 cm³/mol. The molecule has 6 aromatic carbocycles. The SMILES string of the molecule is c1ccc(-c2ccc(N(c3ccccc3)c3cc4c(oc5cccc(C6CCCCC6)c54)c4ccccc34)cc2)cc1. The minimum atomic E-state index is 0.592. The maximum Gasteiger partial charge on any atom is 0.143 e. The van der Waals surface area contributed by atoms with E-state index in [1.54, 1.807) is 0 Å². The summed E-state index contributed by atoms with van der Waals surface area (Å²) < 4.78 is 6.69. The molecule has 0 aliphatic heterocycles. The fraction of sp³-hybridized carbons (Fsp3) is 0.150. The van der Waals surface area contributed by atoms with Gasteiger partial charge in [-0.2, -0.15) is 0 Å². The second kappa shape index (κ2) is 10.5. The Hall–Kier alpha value is -4.82. The summed E-state index contributed by atoms with van der Waals surface area (Å²) in [4.78, 5) is 2.40. The van der Waals surface area contributed by atoms with Crippen molar-refractivity contribution in [1.82, 2.24) is 0 Å². The van der Waals surface area contributed by atoms with Gasteiger partial charge in [0.2, 0.25) is 0 Å². The van der Waals surface area contributed by atoms with E-state index in [2.05, 4.69) is 138 Å². The fourth-order valence-corrected chi connectivity index (χ4v) is 7.03. The summed E-state index contributed by atoms with van der Waals surface area (Å²) >= 11 is 0. The first-order valence-corrected chi connectivity index (χ1v) is 15.2. The molecule has 8 rings (SSSR count). The van der Waals surface area contributed by atoms with Crippen molar-refractivity contribution in [3.05, 3.63) is 139 Å². The lowest BCUT2D eigenvalue weighted by molar-refractivity contribution is 0.445. The molecule has 1 aliphatic carbocycles. The molecule has 0 unspecified atom stereocenters. The van der Waals surface area contributed by atoms with Crippen LogP contribution in [0.4, 0.5) is 17.1 Å². The van der Waals surface area contributed by atoms with Crippen molar-refractivity contribution >= 4 is 49.8 Å². The van der Waals surface area contributed by atoms with E-state index in [1.807, 2.05) is 0 Å². The van der Waals surface area contributed by atoms with E-state index in [1.165, 1.54) is 65.0 Å². The van der Waals surface area contributed by atoms with Crippen molar-refractivity contribution in [2.45, 2.75) is 38.0 Å². The van der Waals surface area contributed by atoms with E-state index in [-0.39, 0.29) is 0 Å². The third-order valence-corrected chi connectivity index (χ3v) is 9.05. The van der Waals surface area contributed by atoms with Crippen molar-refractivity contribution in [2.24, 2.45) is 0 Å². The number of anilines is 3. The third kappa shape index (κ3) is 4.26.